The molecule has 0 unspecified atom stereocenters. The number of anilines is 1. The molecule has 0 aliphatic carbocycles. The summed E-state index contributed by atoms with van der Waals surface area (Å²) in [5.74, 6) is 0.853. The highest BCUT2D eigenvalue weighted by Gasteiger charge is 2.25. The van der Waals surface area contributed by atoms with E-state index in [4.69, 9.17) is 14.2 Å². The van der Waals surface area contributed by atoms with E-state index in [2.05, 4.69) is 24.7 Å². The quantitative estimate of drug-likeness (QED) is 0.492. The number of ether oxygens (including phenoxy) is 3. The molecular weight excluding hydrogens is 446 g/mol. The summed E-state index contributed by atoms with van der Waals surface area (Å²) in [6, 6.07) is 8.57. The molecule has 0 aliphatic rings. The van der Waals surface area contributed by atoms with Gasteiger partial charge >= 0.3 is 0 Å². The van der Waals surface area contributed by atoms with Crippen LogP contribution in [0.1, 0.15) is 27.2 Å². The fourth-order valence-electron chi connectivity index (χ4n) is 2.70. The lowest BCUT2D eigenvalue weighted by Gasteiger charge is -2.19. The monoisotopic (exact) mass is 473 g/mol. The molecule has 1 aromatic carbocycles. The third-order valence-corrected chi connectivity index (χ3v) is 5.69. The highest BCUT2D eigenvalue weighted by atomic mass is 32.2. The number of sulfonamides is 1. The molecule has 3 rings (SSSR count). The summed E-state index contributed by atoms with van der Waals surface area (Å²) in [7, 11) is -0.874. The average molecular weight is 474 g/mol. The Labute approximate surface area is 193 Å². The van der Waals surface area contributed by atoms with Crippen LogP contribution < -0.4 is 18.9 Å². The number of aromatic nitrogens is 4. The van der Waals surface area contributed by atoms with Crippen LogP contribution in [-0.2, 0) is 10.0 Å². The zero-order valence-electron chi connectivity index (χ0n) is 19.2. The van der Waals surface area contributed by atoms with E-state index in [-0.39, 0.29) is 40.3 Å². The number of hydrogen-bond acceptors (Lipinski definition) is 9. The van der Waals surface area contributed by atoms with Crippen LogP contribution >= 0.6 is 0 Å². The number of nitrogens with zero attached hydrogens (tertiary/aromatic N) is 4. The summed E-state index contributed by atoms with van der Waals surface area (Å²) in [5, 5.41) is 0. The van der Waals surface area contributed by atoms with E-state index >= 15 is 0 Å². The van der Waals surface area contributed by atoms with Gasteiger partial charge in [0.2, 0.25) is 21.6 Å². The fraction of sp³-hybridized carbons (Fsp3) is 0.364. The van der Waals surface area contributed by atoms with Crippen molar-refractivity contribution >= 4 is 15.8 Å². The zero-order valence-corrected chi connectivity index (χ0v) is 20.0. The van der Waals surface area contributed by atoms with Crippen molar-refractivity contribution < 1.29 is 22.6 Å². The van der Waals surface area contributed by atoms with E-state index in [1.165, 1.54) is 26.6 Å². The molecular formula is C22H27N5O5S. The molecule has 0 saturated heterocycles. The summed E-state index contributed by atoms with van der Waals surface area (Å²) in [5.41, 5.74) is -0.169. The normalized spacial score (nSPS) is 11.7. The maximum absolute atomic E-state index is 12.9. The van der Waals surface area contributed by atoms with Crippen molar-refractivity contribution in [2.75, 3.05) is 24.7 Å². The Balaban J connectivity index is 2.10. The van der Waals surface area contributed by atoms with Crippen molar-refractivity contribution in [3.63, 3.8) is 0 Å². The Hall–Kier alpha value is -3.47. The SMILES string of the molecule is COc1ccccc1Oc1c(NS(=O)(=O)CCC(C)(C)C)nc(-c2ncccn2)nc1OC. The van der Waals surface area contributed by atoms with Crippen LogP contribution in [-0.4, -0.2) is 48.3 Å². The Morgan fingerprint density at radius 2 is 1.58 bits per heavy atom. The molecule has 0 amide bonds. The first-order chi connectivity index (χ1) is 15.6. The molecule has 2 aromatic heterocycles. The van der Waals surface area contributed by atoms with Gasteiger partial charge in [-0.15, -0.1) is 0 Å². The van der Waals surface area contributed by atoms with Gasteiger partial charge in [0.1, 0.15) is 0 Å². The second kappa shape index (κ2) is 9.99. The van der Waals surface area contributed by atoms with Crippen molar-refractivity contribution in [1.82, 2.24) is 19.9 Å². The number of para-hydroxylation sites is 2. The first-order valence-electron chi connectivity index (χ1n) is 10.2. The number of benzene rings is 1. The molecule has 0 aliphatic heterocycles. The van der Waals surface area contributed by atoms with E-state index in [0.29, 0.717) is 17.9 Å². The average Bonchev–Trinajstić information content (AvgIpc) is 2.79. The van der Waals surface area contributed by atoms with Gasteiger partial charge in [0.25, 0.3) is 5.88 Å². The molecule has 0 spiro atoms. The maximum atomic E-state index is 12.9. The number of hydrogen-bond donors (Lipinski definition) is 1. The summed E-state index contributed by atoms with van der Waals surface area (Å²) in [4.78, 5) is 17.0. The minimum absolute atomic E-state index is 0.00637. The lowest BCUT2D eigenvalue weighted by molar-refractivity contribution is 0.347. The molecule has 33 heavy (non-hydrogen) atoms. The van der Waals surface area contributed by atoms with Gasteiger partial charge in [-0.2, -0.15) is 4.98 Å². The van der Waals surface area contributed by atoms with Crippen molar-refractivity contribution in [3.05, 3.63) is 42.7 Å². The molecule has 176 valence electrons. The third-order valence-electron chi connectivity index (χ3n) is 4.45. The van der Waals surface area contributed by atoms with Gasteiger partial charge in [0, 0.05) is 12.4 Å². The molecule has 0 fully saturated rings. The fourth-order valence-corrected chi connectivity index (χ4v) is 4.11. The van der Waals surface area contributed by atoms with Crippen LogP contribution in [0.2, 0.25) is 0 Å². The summed E-state index contributed by atoms with van der Waals surface area (Å²) >= 11 is 0. The Morgan fingerprint density at radius 3 is 2.18 bits per heavy atom. The topological polar surface area (TPSA) is 125 Å². The Bertz CT molecular complexity index is 1200. The first-order valence-corrected chi connectivity index (χ1v) is 11.8. The van der Waals surface area contributed by atoms with E-state index in [1.54, 1.807) is 30.3 Å². The molecule has 0 radical (unpaired) electrons. The Kier molecular flexibility index (Phi) is 7.32. The van der Waals surface area contributed by atoms with Gasteiger partial charge in [0.15, 0.2) is 23.1 Å². The first kappa shape index (κ1) is 24.2. The van der Waals surface area contributed by atoms with Crippen molar-refractivity contribution in [2.24, 2.45) is 5.41 Å². The van der Waals surface area contributed by atoms with Crippen LogP contribution in [0.25, 0.3) is 11.6 Å². The number of rotatable bonds is 9. The van der Waals surface area contributed by atoms with Crippen molar-refractivity contribution in [3.8, 4) is 34.8 Å². The van der Waals surface area contributed by atoms with Crippen LogP contribution in [0.15, 0.2) is 42.7 Å². The Morgan fingerprint density at radius 1 is 0.909 bits per heavy atom. The lowest BCUT2D eigenvalue weighted by Crippen LogP contribution is -2.22. The van der Waals surface area contributed by atoms with Crippen LogP contribution in [0.3, 0.4) is 0 Å². The highest BCUT2D eigenvalue weighted by Crippen LogP contribution is 2.40. The van der Waals surface area contributed by atoms with E-state index < -0.39 is 10.0 Å². The molecule has 0 atom stereocenters. The van der Waals surface area contributed by atoms with Crippen LogP contribution in [0.4, 0.5) is 5.82 Å². The van der Waals surface area contributed by atoms with Gasteiger partial charge in [-0.3, -0.25) is 4.72 Å². The lowest BCUT2D eigenvalue weighted by atomic mass is 9.94. The largest absolute Gasteiger partial charge is 0.493 e. The van der Waals surface area contributed by atoms with Gasteiger partial charge < -0.3 is 14.2 Å². The molecule has 1 N–H and O–H groups in total. The predicted molar refractivity (Wildman–Crippen MR) is 124 cm³/mol. The number of methoxy groups -OCH3 is 2. The van der Waals surface area contributed by atoms with E-state index in [1.807, 2.05) is 20.8 Å². The molecule has 10 nitrogen and oxygen atoms in total. The van der Waals surface area contributed by atoms with Gasteiger partial charge in [0.05, 0.1) is 20.0 Å². The van der Waals surface area contributed by atoms with E-state index in [0.717, 1.165) is 0 Å². The highest BCUT2D eigenvalue weighted by molar-refractivity contribution is 7.92. The third kappa shape index (κ3) is 6.51. The van der Waals surface area contributed by atoms with Crippen molar-refractivity contribution in [1.29, 1.82) is 0 Å². The van der Waals surface area contributed by atoms with Crippen molar-refractivity contribution in [2.45, 2.75) is 27.2 Å². The summed E-state index contributed by atoms with van der Waals surface area (Å²) in [6.45, 7) is 5.91. The second-order valence-electron chi connectivity index (χ2n) is 8.29. The minimum Gasteiger partial charge on any atom is -0.493 e. The predicted octanol–water partition coefficient (Wildman–Crippen LogP) is 3.92. The van der Waals surface area contributed by atoms with E-state index in [9.17, 15) is 8.42 Å². The molecule has 0 saturated carbocycles. The minimum atomic E-state index is -3.77. The molecule has 2 heterocycles. The molecule has 3 aromatic rings. The second-order valence-corrected chi connectivity index (χ2v) is 10.1. The summed E-state index contributed by atoms with van der Waals surface area (Å²) in [6.07, 6.45) is 3.51. The van der Waals surface area contributed by atoms with Crippen LogP contribution in [0, 0.1) is 5.41 Å². The van der Waals surface area contributed by atoms with Crippen LogP contribution in [0.5, 0.6) is 23.1 Å². The molecule has 0 bridgehead atoms. The summed E-state index contributed by atoms with van der Waals surface area (Å²) < 4.78 is 45.1. The smallest absolute Gasteiger partial charge is 0.263 e. The standard InChI is InChI=1S/C22H27N5O5S/c1-22(2,3)11-14-33(28,29)27-18-17(32-16-10-7-6-9-15(16)30-4)21(31-5)26-20(25-18)19-23-12-8-13-24-19/h6-10,12-13H,11,14H2,1-5H3,(H,25,26,27). The maximum Gasteiger partial charge on any atom is 0.263 e. The van der Waals surface area contributed by atoms with Gasteiger partial charge in [-0.25, -0.2) is 23.4 Å². The van der Waals surface area contributed by atoms with Gasteiger partial charge in [-0.05, 0) is 30.0 Å². The number of nitrogens with one attached hydrogen (secondary N) is 1. The molecule has 11 heteroatoms. The zero-order chi connectivity index (χ0) is 24.1. The van der Waals surface area contributed by atoms with Gasteiger partial charge in [-0.1, -0.05) is 32.9 Å².